The molecule has 1 N–H and O–H groups in total. The van der Waals surface area contributed by atoms with E-state index < -0.39 is 5.97 Å². The molecule has 0 unspecified atom stereocenters. The van der Waals surface area contributed by atoms with E-state index in [2.05, 4.69) is 9.36 Å². The first-order valence-electron chi connectivity index (χ1n) is 4.49. The van der Waals surface area contributed by atoms with Crippen molar-refractivity contribution in [1.29, 1.82) is 0 Å². The summed E-state index contributed by atoms with van der Waals surface area (Å²) in [6, 6.07) is 7.42. The molecule has 0 aliphatic heterocycles. The minimum absolute atomic E-state index is 0.0593. The Balaban J connectivity index is 2.05. The van der Waals surface area contributed by atoms with Gasteiger partial charge in [0.25, 0.3) is 0 Å². The Hall–Kier alpha value is -1.40. The maximum absolute atomic E-state index is 10.5. The summed E-state index contributed by atoms with van der Waals surface area (Å²) < 4.78 is 4.79. The lowest BCUT2D eigenvalue weighted by atomic mass is 10.2. The third-order valence-electron chi connectivity index (χ3n) is 1.82. The summed E-state index contributed by atoms with van der Waals surface area (Å²) in [7, 11) is 0. The van der Waals surface area contributed by atoms with Crippen LogP contribution in [0.5, 0.6) is 0 Å². The van der Waals surface area contributed by atoms with Crippen LogP contribution in [-0.2, 0) is 11.2 Å². The van der Waals surface area contributed by atoms with E-state index in [-0.39, 0.29) is 6.42 Å². The Morgan fingerprint density at radius 3 is 2.69 bits per heavy atom. The van der Waals surface area contributed by atoms with Crippen LogP contribution in [0.4, 0.5) is 0 Å². The highest BCUT2D eigenvalue weighted by atomic mass is 32.2. The zero-order valence-corrected chi connectivity index (χ0v) is 9.79. The molecule has 0 saturated heterocycles. The van der Waals surface area contributed by atoms with Gasteiger partial charge in [-0.05, 0) is 29.2 Å². The molecule has 82 valence electrons. The van der Waals surface area contributed by atoms with Gasteiger partial charge in [0.2, 0.25) is 0 Å². The fraction of sp³-hybridized carbons (Fsp3) is 0.100. The van der Waals surface area contributed by atoms with Gasteiger partial charge in [-0.2, -0.15) is 4.37 Å². The molecule has 0 bridgehead atoms. The number of carboxylic acids is 1. The van der Waals surface area contributed by atoms with Crippen LogP contribution in [0.25, 0.3) is 0 Å². The minimum Gasteiger partial charge on any atom is -0.481 e. The molecule has 2 aromatic rings. The largest absolute Gasteiger partial charge is 0.481 e. The van der Waals surface area contributed by atoms with Crippen molar-refractivity contribution in [2.75, 3.05) is 0 Å². The molecule has 0 radical (unpaired) electrons. The monoisotopic (exact) mass is 252 g/mol. The first-order chi connectivity index (χ1) is 7.74. The van der Waals surface area contributed by atoms with E-state index in [9.17, 15) is 4.79 Å². The Kier molecular flexibility index (Phi) is 3.53. The van der Waals surface area contributed by atoms with Crippen molar-refractivity contribution in [2.24, 2.45) is 0 Å². The fourth-order valence-electron chi connectivity index (χ4n) is 1.16. The molecule has 16 heavy (non-hydrogen) atoms. The lowest BCUT2D eigenvalue weighted by Gasteiger charge is -1.99. The third kappa shape index (κ3) is 3.04. The molecule has 1 heterocycles. The average Bonchev–Trinajstić information content (AvgIpc) is 2.73. The molecule has 1 aromatic carbocycles. The maximum atomic E-state index is 10.5. The van der Waals surface area contributed by atoms with Crippen molar-refractivity contribution in [3.63, 3.8) is 0 Å². The zero-order valence-electron chi connectivity index (χ0n) is 8.16. The van der Waals surface area contributed by atoms with Gasteiger partial charge < -0.3 is 5.11 Å². The average molecular weight is 252 g/mol. The standard InChI is InChI=1S/C10H8N2O2S2/c13-9(14)5-7-1-3-8(4-2-7)15-10-11-6-12-16-10/h1-4,6H,5H2,(H,13,14). The molecule has 0 saturated carbocycles. The van der Waals surface area contributed by atoms with Crippen LogP contribution in [0.3, 0.4) is 0 Å². The van der Waals surface area contributed by atoms with E-state index in [0.29, 0.717) is 0 Å². The van der Waals surface area contributed by atoms with E-state index in [1.165, 1.54) is 29.6 Å². The number of aliphatic carboxylic acids is 1. The SMILES string of the molecule is O=C(O)Cc1ccc(Sc2ncns2)cc1. The third-order valence-corrected chi connectivity index (χ3v) is 3.55. The van der Waals surface area contributed by atoms with Crippen LogP contribution >= 0.6 is 23.3 Å². The van der Waals surface area contributed by atoms with E-state index in [0.717, 1.165) is 14.8 Å². The topological polar surface area (TPSA) is 63.1 Å². The summed E-state index contributed by atoms with van der Waals surface area (Å²) in [5.41, 5.74) is 0.800. The number of hydrogen-bond donors (Lipinski definition) is 1. The second-order valence-corrected chi connectivity index (χ2v) is 5.12. The first kappa shape index (κ1) is 11.1. The number of carbonyl (C=O) groups is 1. The second kappa shape index (κ2) is 5.09. The molecule has 6 heteroatoms. The van der Waals surface area contributed by atoms with Gasteiger partial charge >= 0.3 is 5.97 Å². The molecule has 0 spiro atoms. The van der Waals surface area contributed by atoms with Crippen molar-refractivity contribution in [3.05, 3.63) is 36.2 Å². The summed E-state index contributed by atoms with van der Waals surface area (Å²) in [6.45, 7) is 0. The maximum Gasteiger partial charge on any atom is 0.307 e. The predicted molar refractivity (Wildman–Crippen MR) is 61.8 cm³/mol. The molecule has 4 nitrogen and oxygen atoms in total. The molecule has 0 aliphatic carbocycles. The molecule has 0 amide bonds. The summed E-state index contributed by atoms with van der Waals surface area (Å²) in [5.74, 6) is -0.815. The highest BCUT2D eigenvalue weighted by Crippen LogP contribution is 2.28. The molecule has 2 rings (SSSR count). The Bertz CT molecular complexity index is 468. The van der Waals surface area contributed by atoms with Gasteiger partial charge in [0, 0.05) is 4.90 Å². The number of benzene rings is 1. The summed E-state index contributed by atoms with van der Waals surface area (Å²) in [5, 5.41) is 8.62. The highest BCUT2D eigenvalue weighted by Gasteiger charge is 2.02. The van der Waals surface area contributed by atoms with Gasteiger partial charge in [0.1, 0.15) is 6.33 Å². The van der Waals surface area contributed by atoms with Gasteiger partial charge in [-0.25, -0.2) is 4.98 Å². The first-order valence-corrected chi connectivity index (χ1v) is 6.08. The van der Waals surface area contributed by atoms with Crippen LogP contribution in [0, 0.1) is 0 Å². The Morgan fingerprint density at radius 2 is 2.12 bits per heavy atom. The van der Waals surface area contributed by atoms with Crippen LogP contribution in [0.2, 0.25) is 0 Å². The van der Waals surface area contributed by atoms with Crippen molar-refractivity contribution >= 4 is 29.3 Å². The van der Waals surface area contributed by atoms with E-state index >= 15 is 0 Å². The molecule has 0 fully saturated rings. The van der Waals surface area contributed by atoms with Gasteiger partial charge in [-0.1, -0.05) is 23.9 Å². The zero-order chi connectivity index (χ0) is 11.4. The number of nitrogens with zero attached hydrogens (tertiary/aromatic N) is 2. The van der Waals surface area contributed by atoms with Crippen LogP contribution in [0.1, 0.15) is 5.56 Å². The second-order valence-electron chi connectivity index (χ2n) is 3.02. The van der Waals surface area contributed by atoms with E-state index in [1.807, 2.05) is 24.3 Å². The van der Waals surface area contributed by atoms with Crippen LogP contribution in [0.15, 0.2) is 39.8 Å². The van der Waals surface area contributed by atoms with Crippen molar-refractivity contribution in [2.45, 2.75) is 15.7 Å². The normalized spacial score (nSPS) is 10.2. The van der Waals surface area contributed by atoms with Crippen LogP contribution in [-0.4, -0.2) is 20.4 Å². The van der Waals surface area contributed by atoms with E-state index in [4.69, 9.17) is 5.11 Å². The van der Waals surface area contributed by atoms with Gasteiger partial charge in [-0.3, -0.25) is 4.79 Å². The molecule has 0 atom stereocenters. The lowest BCUT2D eigenvalue weighted by Crippen LogP contribution is -1.99. The molecular weight excluding hydrogens is 244 g/mol. The van der Waals surface area contributed by atoms with Gasteiger partial charge in [-0.15, -0.1) is 0 Å². The van der Waals surface area contributed by atoms with Crippen molar-refractivity contribution in [1.82, 2.24) is 9.36 Å². The predicted octanol–water partition coefficient (Wildman–Crippen LogP) is 2.32. The lowest BCUT2D eigenvalue weighted by molar-refractivity contribution is -0.136. The Labute approximate surface area is 101 Å². The number of hydrogen-bond acceptors (Lipinski definition) is 5. The number of rotatable bonds is 4. The summed E-state index contributed by atoms with van der Waals surface area (Å²) in [4.78, 5) is 15.6. The molecule has 0 aliphatic rings. The van der Waals surface area contributed by atoms with Gasteiger partial charge in [0.05, 0.1) is 6.42 Å². The van der Waals surface area contributed by atoms with Crippen molar-refractivity contribution in [3.8, 4) is 0 Å². The fourth-order valence-corrected chi connectivity index (χ4v) is 2.58. The number of aromatic nitrogens is 2. The summed E-state index contributed by atoms with van der Waals surface area (Å²) >= 11 is 2.86. The minimum atomic E-state index is -0.815. The smallest absolute Gasteiger partial charge is 0.307 e. The summed E-state index contributed by atoms with van der Waals surface area (Å²) in [6.07, 6.45) is 1.58. The quantitative estimate of drug-likeness (QED) is 0.904. The highest BCUT2D eigenvalue weighted by molar-refractivity contribution is 8.01. The molecular formula is C10H8N2O2S2. The van der Waals surface area contributed by atoms with Crippen molar-refractivity contribution < 1.29 is 9.90 Å². The molecule has 1 aromatic heterocycles. The van der Waals surface area contributed by atoms with E-state index in [1.54, 1.807) is 0 Å². The van der Waals surface area contributed by atoms with Gasteiger partial charge in [0.15, 0.2) is 4.34 Å². The number of carboxylic acid groups (broad SMARTS) is 1. The van der Waals surface area contributed by atoms with Crippen LogP contribution < -0.4 is 0 Å². The Morgan fingerprint density at radius 1 is 1.38 bits per heavy atom.